The number of piperidine rings is 1. The molecule has 3 nitrogen and oxygen atoms in total. The van der Waals surface area contributed by atoms with E-state index >= 15 is 0 Å². The van der Waals surface area contributed by atoms with Gasteiger partial charge in [-0.15, -0.1) is 0 Å². The smallest absolute Gasteiger partial charge is 0.126 e. The summed E-state index contributed by atoms with van der Waals surface area (Å²) in [6.45, 7) is 10.2. The van der Waals surface area contributed by atoms with Gasteiger partial charge in [0.15, 0.2) is 0 Å². The van der Waals surface area contributed by atoms with Crippen molar-refractivity contribution >= 4 is 5.82 Å². The second-order valence-corrected chi connectivity index (χ2v) is 8.51. The Hall–Kier alpha value is -1.87. The van der Waals surface area contributed by atoms with E-state index in [1.54, 1.807) is 0 Å². The van der Waals surface area contributed by atoms with Crippen LogP contribution in [0, 0.1) is 13.8 Å². The maximum absolute atomic E-state index is 6.19. The van der Waals surface area contributed by atoms with E-state index in [2.05, 4.69) is 54.9 Å². The lowest BCUT2D eigenvalue weighted by Crippen LogP contribution is -2.29. The van der Waals surface area contributed by atoms with Crippen LogP contribution in [0.1, 0.15) is 79.0 Å². The molecule has 0 unspecified atom stereocenters. The molecule has 0 amide bonds. The van der Waals surface area contributed by atoms with Crippen LogP contribution in [-0.4, -0.2) is 23.0 Å². The first-order valence-corrected chi connectivity index (χ1v) is 11.1. The van der Waals surface area contributed by atoms with Gasteiger partial charge in [0.2, 0.25) is 0 Å². The highest BCUT2D eigenvalue weighted by atomic mass is 15.1. The van der Waals surface area contributed by atoms with Crippen molar-refractivity contribution < 1.29 is 0 Å². The van der Waals surface area contributed by atoms with Crippen LogP contribution in [0.4, 0.5) is 5.82 Å². The zero-order valence-corrected chi connectivity index (χ0v) is 18.1. The van der Waals surface area contributed by atoms with E-state index in [-0.39, 0.29) is 0 Å². The normalized spacial score (nSPS) is 15.1. The van der Waals surface area contributed by atoms with E-state index in [1.807, 2.05) is 0 Å². The van der Waals surface area contributed by atoms with E-state index in [1.165, 1.54) is 79.4 Å². The number of unbranched alkanes of at least 4 members (excludes halogenated alkanes) is 2. The van der Waals surface area contributed by atoms with Crippen LogP contribution in [0.15, 0.2) is 24.3 Å². The molecule has 1 saturated heterocycles. The average Bonchev–Trinajstić information content (AvgIpc) is 2.68. The summed E-state index contributed by atoms with van der Waals surface area (Å²) in [5.41, 5.74) is 14.0. The summed E-state index contributed by atoms with van der Waals surface area (Å²) in [6.07, 6.45) is 9.74. The van der Waals surface area contributed by atoms with Gasteiger partial charge < -0.3 is 5.73 Å². The lowest BCUT2D eigenvalue weighted by Gasteiger charge is -2.26. The molecule has 3 heteroatoms. The van der Waals surface area contributed by atoms with Crippen molar-refractivity contribution in [2.75, 3.05) is 18.8 Å². The first-order chi connectivity index (χ1) is 13.6. The van der Waals surface area contributed by atoms with E-state index in [0.29, 0.717) is 5.82 Å². The van der Waals surface area contributed by atoms with Crippen molar-refractivity contribution in [2.24, 2.45) is 0 Å². The Kier molecular flexibility index (Phi) is 7.50. The maximum atomic E-state index is 6.19. The van der Waals surface area contributed by atoms with Gasteiger partial charge in [-0.2, -0.15) is 0 Å². The van der Waals surface area contributed by atoms with Crippen molar-refractivity contribution in [1.29, 1.82) is 0 Å². The number of aromatic nitrogens is 1. The first-order valence-electron chi connectivity index (χ1n) is 11.1. The molecule has 0 spiro atoms. The fourth-order valence-corrected chi connectivity index (χ4v) is 4.29. The Morgan fingerprint density at radius 3 is 2.46 bits per heavy atom. The molecule has 0 atom stereocenters. The quantitative estimate of drug-likeness (QED) is 0.608. The average molecular weight is 380 g/mol. The predicted octanol–water partition coefficient (Wildman–Crippen LogP) is 5.59. The molecule has 0 aliphatic carbocycles. The summed E-state index contributed by atoms with van der Waals surface area (Å²) in [6, 6.07) is 9.32. The third-order valence-electron chi connectivity index (χ3n) is 6.12. The Balaban J connectivity index is 1.71. The number of hydrogen-bond acceptors (Lipinski definition) is 3. The van der Waals surface area contributed by atoms with Crippen molar-refractivity contribution in [3.8, 4) is 0 Å². The number of pyridine rings is 1. The zero-order chi connectivity index (χ0) is 19.9. The highest BCUT2D eigenvalue weighted by Crippen LogP contribution is 2.23. The number of nitrogen functional groups attached to an aromatic ring is 1. The molecule has 2 aromatic rings. The van der Waals surface area contributed by atoms with Crippen LogP contribution in [0.3, 0.4) is 0 Å². The molecule has 0 radical (unpaired) electrons. The number of hydrogen-bond donors (Lipinski definition) is 1. The molecule has 0 bridgehead atoms. The van der Waals surface area contributed by atoms with Gasteiger partial charge >= 0.3 is 0 Å². The van der Waals surface area contributed by atoms with Gasteiger partial charge in [-0.25, -0.2) is 4.98 Å². The fraction of sp³-hybridized carbons (Fsp3) is 0.560. The van der Waals surface area contributed by atoms with Gasteiger partial charge in [-0.3, -0.25) is 4.90 Å². The Labute approximate surface area is 171 Å². The highest BCUT2D eigenvalue weighted by Gasteiger charge is 2.12. The zero-order valence-electron chi connectivity index (χ0n) is 18.1. The molecule has 3 rings (SSSR count). The lowest BCUT2D eigenvalue weighted by atomic mass is 9.95. The molecular formula is C25H37N3. The Morgan fingerprint density at radius 2 is 1.75 bits per heavy atom. The molecule has 28 heavy (non-hydrogen) atoms. The molecule has 152 valence electrons. The summed E-state index contributed by atoms with van der Waals surface area (Å²) in [5, 5.41) is 0. The standard InChI is InChI=1S/C25H37N3/c1-4-5-7-10-23-17-24(20(3)27-25(23)26)16-22-12-11-21(15-19(22)2)18-28-13-8-6-9-14-28/h11-12,15,17H,4-10,13-14,16,18H2,1-3H3,(H2,26,27). The van der Waals surface area contributed by atoms with Gasteiger partial charge in [0.05, 0.1) is 0 Å². The van der Waals surface area contributed by atoms with Gasteiger partial charge in [0.1, 0.15) is 5.82 Å². The van der Waals surface area contributed by atoms with Crippen molar-refractivity contribution in [2.45, 2.75) is 78.7 Å². The van der Waals surface area contributed by atoms with Gasteiger partial charge in [-0.05, 0) is 86.9 Å². The molecule has 2 heterocycles. The number of benzene rings is 1. The maximum Gasteiger partial charge on any atom is 0.126 e. The molecule has 1 fully saturated rings. The monoisotopic (exact) mass is 379 g/mol. The molecule has 1 aliphatic heterocycles. The first kappa shape index (κ1) is 20.9. The SMILES string of the molecule is CCCCCc1cc(Cc2ccc(CN3CCCCC3)cc2C)c(C)nc1N. The minimum atomic E-state index is 0.714. The minimum absolute atomic E-state index is 0.714. The largest absolute Gasteiger partial charge is 0.383 e. The van der Waals surface area contributed by atoms with Crippen LogP contribution in [-0.2, 0) is 19.4 Å². The molecule has 1 aliphatic rings. The number of aryl methyl sites for hydroxylation is 3. The van der Waals surface area contributed by atoms with E-state index in [4.69, 9.17) is 5.73 Å². The van der Waals surface area contributed by atoms with E-state index < -0.39 is 0 Å². The highest BCUT2D eigenvalue weighted by molar-refractivity contribution is 5.46. The summed E-state index contributed by atoms with van der Waals surface area (Å²) >= 11 is 0. The van der Waals surface area contributed by atoms with Gasteiger partial charge in [-0.1, -0.05) is 50.5 Å². The third-order valence-corrected chi connectivity index (χ3v) is 6.12. The van der Waals surface area contributed by atoms with E-state index in [0.717, 1.165) is 25.1 Å². The minimum Gasteiger partial charge on any atom is -0.383 e. The van der Waals surface area contributed by atoms with E-state index in [9.17, 15) is 0 Å². The summed E-state index contributed by atoms with van der Waals surface area (Å²) < 4.78 is 0. The number of nitrogens with two attached hydrogens (primary N) is 1. The summed E-state index contributed by atoms with van der Waals surface area (Å²) in [5.74, 6) is 0.714. The second kappa shape index (κ2) is 10.1. The second-order valence-electron chi connectivity index (χ2n) is 8.51. The third kappa shape index (κ3) is 5.57. The molecular weight excluding hydrogens is 342 g/mol. The number of likely N-dealkylation sites (tertiary alicyclic amines) is 1. The summed E-state index contributed by atoms with van der Waals surface area (Å²) in [7, 11) is 0. The number of nitrogens with zero attached hydrogens (tertiary/aromatic N) is 2. The Morgan fingerprint density at radius 1 is 0.964 bits per heavy atom. The van der Waals surface area contributed by atoms with Crippen LogP contribution in [0.5, 0.6) is 0 Å². The fourth-order valence-electron chi connectivity index (χ4n) is 4.29. The van der Waals surface area contributed by atoms with Gasteiger partial charge in [0.25, 0.3) is 0 Å². The van der Waals surface area contributed by atoms with Crippen molar-refractivity contribution in [3.05, 3.63) is 57.8 Å². The summed E-state index contributed by atoms with van der Waals surface area (Å²) in [4.78, 5) is 7.24. The van der Waals surface area contributed by atoms with Crippen LogP contribution < -0.4 is 5.73 Å². The molecule has 1 aromatic carbocycles. The van der Waals surface area contributed by atoms with Crippen LogP contribution >= 0.6 is 0 Å². The van der Waals surface area contributed by atoms with Crippen molar-refractivity contribution in [3.63, 3.8) is 0 Å². The number of rotatable bonds is 8. The van der Waals surface area contributed by atoms with Crippen LogP contribution in [0.25, 0.3) is 0 Å². The molecule has 0 saturated carbocycles. The molecule has 2 N–H and O–H groups in total. The molecule has 1 aromatic heterocycles. The predicted molar refractivity (Wildman–Crippen MR) is 120 cm³/mol. The topological polar surface area (TPSA) is 42.2 Å². The Bertz CT molecular complexity index is 776. The van der Waals surface area contributed by atoms with Crippen molar-refractivity contribution in [1.82, 2.24) is 9.88 Å². The van der Waals surface area contributed by atoms with Crippen LogP contribution in [0.2, 0.25) is 0 Å². The lowest BCUT2D eigenvalue weighted by molar-refractivity contribution is 0.221. The number of anilines is 1. The van der Waals surface area contributed by atoms with Gasteiger partial charge in [0, 0.05) is 12.2 Å².